The number of nitrogens with zero attached hydrogens (tertiary/aromatic N) is 3. The lowest BCUT2D eigenvalue weighted by Crippen LogP contribution is -2.02. The summed E-state index contributed by atoms with van der Waals surface area (Å²) in [6.45, 7) is 0. The normalized spacial score (nSPS) is 10.5. The van der Waals surface area contributed by atoms with Gasteiger partial charge in [-0.25, -0.2) is 4.98 Å². The first kappa shape index (κ1) is 20.7. The molecule has 0 aliphatic rings. The van der Waals surface area contributed by atoms with E-state index >= 15 is 0 Å². The molecular formula is C27H21N5S. The summed E-state index contributed by atoms with van der Waals surface area (Å²) < 4.78 is 0. The summed E-state index contributed by atoms with van der Waals surface area (Å²) in [4.78, 5) is 15.8. The van der Waals surface area contributed by atoms with Gasteiger partial charge in [0, 0.05) is 45.2 Å². The Morgan fingerprint density at radius 1 is 0.576 bits per heavy atom. The van der Waals surface area contributed by atoms with Crippen molar-refractivity contribution in [3.8, 4) is 11.3 Å². The van der Waals surface area contributed by atoms with Crippen LogP contribution in [0, 0.1) is 0 Å². The third kappa shape index (κ3) is 5.56. The highest BCUT2D eigenvalue weighted by molar-refractivity contribution is 7.99. The molecule has 0 fully saturated rings. The molecule has 2 heterocycles. The monoisotopic (exact) mass is 447 g/mol. The summed E-state index contributed by atoms with van der Waals surface area (Å²) in [5.74, 6) is 1.26. The van der Waals surface area contributed by atoms with E-state index in [0.29, 0.717) is 5.95 Å². The maximum absolute atomic E-state index is 4.73. The van der Waals surface area contributed by atoms with E-state index in [9.17, 15) is 0 Å². The van der Waals surface area contributed by atoms with Crippen molar-refractivity contribution in [3.05, 3.63) is 116 Å². The lowest BCUT2D eigenvalue weighted by molar-refractivity contribution is 1.17. The van der Waals surface area contributed by atoms with E-state index in [2.05, 4.69) is 39.9 Å². The standard InChI is InChI=1S/C27H21N5S/c1-3-7-20(8-4-1)25-19-26(32-27(31-25)30-21-9-5-2-6-10-21)29-22-11-13-23(14-12-22)33-24-15-17-28-18-16-24/h1-19H,(H2,29,30,31,32). The molecule has 2 aromatic heterocycles. The van der Waals surface area contributed by atoms with E-state index in [-0.39, 0.29) is 0 Å². The van der Waals surface area contributed by atoms with Crippen LogP contribution in [0.5, 0.6) is 0 Å². The molecule has 5 nitrogen and oxygen atoms in total. The Bertz CT molecular complexity index is 1310. The van der Waals surface area contributed by atoms with Crippen LogP contribution in [0.3, 0.4) is 0 Å². The van der Waals surface area contributed by atoms with Crippen molar-refractivity contribution in [1.82, 2.24) is 15.0 Å². The Labute approximate surface area is 197 Å². The largest absolute Gasteiger partial charge is 0.340 e. The third-order valence-electron chi connectivity index (χ3n) is 4.84. The predicted molar refractivity (Wildman–Crippen MR) is 135 cm³/mol. The molecule has 6 heteroatoms. The maximum Gasteiger partial charge on any atom is 0.229 e. The van der Waals surface area contributed by atoms with Crippen LogP contribution in [0.1, 0.15) is 0 Å². The van der Waals surface area contributed by atoms with Crippen molar-refractivity contribution < 1.29 is 0 Å². The fourth-order valence-electron chi connectivity index (χ4n) is 3.27. The SMILES string of the molecule is c1ccc(Nc2nc(Nc3ccc(Sc4ccncc4)cc3)cc(-c3ccccc3)n2)cc1. The minimum atomic E-state index is 0.537. The van der Waals surface area contributed by atoms with Gasteiger partial charge in [-0.3, -0.25) is 4.98 Å². The van der Waals surface area contributed by atoms with Crippen molar-refractivity contribution in [2.75, 3.05) is 10.6 Å². The van der Waals surface area contributed by atoms with E-state index < -0.39 is 0 Å². The Balaban J connectivity index is 1.40. The van der Waals surface area contributed by atoms with Crippen LogP contribution in [0.2, 0.25) is 0 Å². The number of benzene rings is 3. The number of para-hydroxylation sites is 1. The molecule has 33 heavy (non-hydrogen) atoms. The first-order valence-electron chi connectivity index (χ1n) is 10.5. The van der Waals surface area contributed by atoms with Gasteiger partial charge >= 0.3 is 0 Å². The number of hydrogen-bond donors (Lipinski definition) is 2. The van der Waals surface area contributed by atoms with E-state index in [0.717, 1.165) is 38.2 Å². The second-order valence-corrected chi connectivity index (χ2v) is 8.40. The van der Waals surface area contributed by atoms with Gasteiger partial charge in [0.05, 0.1) is 5.69 Å². The van der Waals surface area contributed by atoms with Crippen molar-refractivity contribution in [2.45, 2.75) is 9.79 Å². The van der Waals surface area contributed by atoms with Crippen molar-refractivity contribution in [2.24, 2.45) is 0 Å². The molecule has 0 unspecified atom stereocenters. The lowest BCUT2D eigenvalue weighted by Gasteiger charge is -2.12. The second-order valence-electron chi connectivity index (χ2n) is 7.25. The Morgan fingerprint density at radius 3 is 1.94 bits per heavy atom. The minimum Gasteiger partial charge on any atom is -0.340 e. The van der Waals surface area contributed by atoms with Gasteiger partial charge < -0.3 is 10.6 Å². The van der Waals surface area contributed by atoms with Crippen molar-refractivity contribution >= 4 is 34.9 Å². The third-order valence-corrected chi connectivity index (χ3v) is 5.85. The molecule has 3 aromatic carbocycles. The van der Waals surface area contributed by atoms with Gasteiger partial charge in [0.2, 0.25) is 5.95 Å². The zero-order valence-corrected chi connectivity index (χ0v) is 18.5. The first-order chi connectivity index (χ1) is 16.3. The Hall–Kier alpha value is -4.16. The molecule has 160 valence electrons. The smallest absolute Gasteiger partial charge is 0.229 e. The van der Waals surface area contributed by atoms with Crippen LogP contribution < -0.4 is 10.6 Å². The summed E-state index contributed by atoms with van der Waals surface area (Å²) in [5, 5.41) is 6.73. The average molecular weight is 448 g/mol. The molecule has 0 amide bonds. The van der Waals surface area contributed by atoms with Crippen molar-refractivity contribution in [3.63, 3.8) is 0 Å². The topological polar surface area (TPSA) is 62.7 Å². The molecular weight excluding hydrogens is 426 g/mol. The molecule has 0 bridgehead atoms. The fourth-order valence-corrected chi connectivity index (χ4v) is 4.07. The molecule has 5 rings (SSSR count). The van der Waals surface area contributed by atoms with Gasteiger partial charge in [0.25, 0.3) is 0 Å². The molecule has 2 N–H and O–H groups in total. The Kier molecular flexibility index (Phi) is 6.26. The number of nitrogens with one attached hydrogen (secondary N) is 2. The van der Waals surface area contributed by atoms with Crippen LogP contribution in [0.4, 0.5) is 23.1 Å². The zero-order valence-electron chi connectivity index (χ0n) is 17.7. The highest BCUT2D eigenvalue weighted by Gasteiger charge is 2.08. The number of anilines is 4. The van der Waals surface area contributed by atoms with Gasteiger partial charge in [-0.2, -0.15) is 4.98 Å². The molecule has 0 spiro atoms. The summed E-state index contributed by atoms with van der Waals surface area (Å²) in [7, 11) is 0. The highest BCUT2D eigenvalue weighted by atomic mass is 32.2. The highest BCUT2D eigenvalue weighted by Crippen LogP contribution is 2.29. The first-order valence-corrected chi connectivity index (χ1v) is 11.3. The number of rotatable bonds is 7. The quantitative estimate of drug-likeness (QED) is 0.276. The van der Waals surface area contributed by atoms with E-state index in [4.69, 9.17) is 9.97 Å². The van der Waals surface area contributed by atoms with Gasteiger partial charge in [-0.1, -0.05) is 60.3 Å². The minimum absolute atomic E-state index is 0.537. The zero-order chi connectivity index (χ0) is 22.3. The van der Waals surface area contributed by atoms with Gasteiger partial charge in [-0.05, 0) is 48.5 Å². The van der Waals surface area contributed by atoms with Crippen molar-refractivity contribution in [1.29, 1.82) is 0 Å². The van der Waals surface area contributed by atoms with Gasteiger partial charge in [0.15, 0.2) is 0 Å². The van der Waals surface area contributed by atoms with E-state index in [1.807, 2.05) is 78.9 Å². The fraction of sp³-hybridized carbons (Fsp3) is 0. The summed E-state index contributed by atoms with van der Waals surface area (Å²) in [5.41, 5.74) is 3.77. The van der Waals surface area contributed by atoms with E-state index in [1.165, 1.54) is 0 Å². The molecule has 5 aromatic rings. The maximum atomic E-state index is 4.73. The van der Waals surface area contributed by atoms with Crippen LogP contribution in [-0.2, 0) is 0 Å². The summed E-state index contributed by atoms with van der Waals surface area (Å²) in [6, 6.07) is 34.3. The van der Waals surface area contributed by atoms with Gasteiger partial charge in [-0.15, -0.1) is 0 Å². The number of hydrogen-bond acceptors (Lipinski definition) is 6. The summed E-state index contributed by atoms with van der Waals surface area (Å²) >= 11 is 1.70. The molecule has 0 radical (unpaired) electrons. The Morgan fingerprint density at radius 2 is 1.21 bits per heavy atom. The number of pyridine rings is 1. The van der Waals surface area contributed by atoms with Crippen LogP contribution in [0.25, 0.3) is 11.3 Å². The van der Waals surface area contributed by atoms with Crippen LogP contribution in [-0.4, -0.2) is 15.0 Å². The van der Waals surface area contributed by atoms with Crippen LogP contribution in [0.15, 0.2) is 125 Å². The van der Waals surface area contributed by atoms with E-state index in [1.54, 1.807) is 24.2 Å². The van der Waals surface area contributed by atoms with Gasteiger partial charge in [0.1, 0.15) is 5.82 Å². The second kappa shape index (κ2) is 9.97. The molecule has 0 aliphatic heterocycles. The molecule has 0 saturated heterocycles. The summed E-state index contributed by atoms with van der Waals surface area (Å²) in [6.07, 6.45) is 3.61. The lowest BCUT2D eigenvalue weighted by atomic mass is 10.1. The molecule has 0 atom stereocenters. The number of aromatic nitrogens is 3. The average Bonchev–Trinajstić information content (AvgIpc) is 2.87. The van der Waals surface area contributed by atoms with Crippen LogP contribution >= 0.6 is 11.8 Å². The molecule has 0 saturated carbocycles. The molecule has 0 aliphatic carbocycles. The predicted octanol–water partition coefficient (Wildman–Crippen LogP) is 7.18.